The summed E-state index contributed by atoms with van der Waals surface area (Å²) in [7, 11) is 0. The third-order valence-corrected chi connectivity index (χ3v) is 4.34. The maximum Gasteiger partial charge on any atom is 0.319 e. The Hall–Kier alpha value is -3.00. The monoisotopic (exact) mass is 362 g/mol. The molecule has 0 radical (unpaired) electrons. The maximum absolute atomic E-state index is 13.5. The van der Waals surface area contributed by atoms with Crippen LogP contribution in [0.25, 0.3) is 0 Å². The van der Waals surface area contributed by atoms with Crippen LogP contribution in [-0.2, 0) is 6.54 Å². The van der Waals surface area contributed by atoms with Crippen LogP contribution < -0.4 is 10.6 Å². The summed E-state index contributed by atoms with van der Waals surface area (Å²) in [5, 5.41) is 4.60. The van der Waals surface area contributed by atoms with Gasteiger partial charge in [-0.05, 0) is 36.4 Å². The van der Waals surface area contributed by atoms with Crippen LogP contribution in [0.5, 0.6) is 0 Å². The van der Waals surface area contributed by atoms with E-state index in [1.54, 1.807) is 24.3 Å². The molecule has 128 valence electrons. The Kier molecular flexibility index (Phi) is 4.90. The van der Waals surface area contributed by atoms with Crippen molar-refractivity contribution >= 4 is 28.8 Å². The molecule has 1 aromatic carbocycles. The highest BCUT2D eigenvalue weighted by molar-refractivity contribution is 7.14. The molecule has 3 aromatic rings. The smallest absolute Gasteiger partial charge is 0.319 e. The first-order chi connectivity index (χ1) is 12.0. The Morgan fingerprint density at radius 3 is 2.48 bits per heavy atom. The molecule has 2 heterocycles. The number of nitrogens with one attached hydrogen (secondary N) is 2. The zero-order valence-electron chi connectivity index (χ0n) is 12.7. The zero-order chi connectivity index (χ0) is 17.8. The molecule has 3 rings (SSSR count). The molecule has 2 aromatic heterocycles. The number of para-hydroxylation sites is 1. The Labute approximate surface area is 145 Å². The van der Waals surface area contributed by atoms with Gasteiger partial charge in [-0.3, -0.25) is 4.79 Å². The van der Waals surface area contributed by atoms with E-state index in [-0.39, 0.29) is 18.1 Å². The van der Waals surface area contributed by atoms with E-state index in [1.165, 1.54) is 23.7 Å². The summed E-state index contributed by atoms with van der Waals surface area (Å²) in [5.41, 5.74) is -0.514. The predicted molar refractivity (Wildman–Crippen MR) is 88.7 cm³/mol. The lowest BCUT2D eigenvalue weighted by Gasteiger charge is -2.08. The summed E-state index contributed by atoms with van der Waals surface area (Å²) in [4.78, 5) is 25.1. The number of halogens is 2. The summed E-state index contributed by atoms with van der Waals surface area (Å²) in [6, 6.07) is 9.04. The van der Waals surface area contributed by atoms with Crippen LogP contribution in [0.15, 0.2) is 53.1 Å². The molecule has 0 unspecified atom stereocenters. The molecule has 0 fully saturated rings. The number of urea groups is 1. The first-order valence-electron chi connectivity index (χ1n) is 7.20. The van der Waals surface area contributed by atoms with Gasteiger partial charge in [0, 0.05) is 4.88 Å². The van der Waals surface area contributed by atoms with Crippen molar-refractivity contribution in [1.29, 1.82) is 0 Å². The fourth-order valence-corrected chi connectivity index (χ4v) is 2.96. The van der Waals surface area contributed by atoms with Crippen molar-refractivity contribution in [3.8, 4) is 0 Å². The molecule has 0 aliphatic carbocycles. The fourth-order valence-electron chi connectivity index (χ4n) is 2.07. The molecule has 0 aliphatic rings. The van der Waals surface area contributed by atoms with Gasteiger partial charge in [0.15, 0.2) is 5.76 Å². The number of hydrogen-bond donors (Lipinski definition) is 2. The van der Waals surface area contributed by atoms with Crippen LogP contribution in [-0.4, -0.2) is 11.8 Å². The molecular formula is C17H12F2N2O3S. The minimum Gasteiger partial charge on any atom is -0.461 e. The van der Waals surface area contributed by atoms with Gasteiger partial charge in [-0.15, -0.1) is 11.3 Å². The topological polar surface area (TPSA) is 71.3 Å². The fraction of sp³-hybridized carbons (Fsp3) is 0.0588. The number of carbonyl (C=O) groups excluding carboxylic acids is 2. The van der Waals surface area contributed by atoms with E-state index in [9.17, 15) is 18.4 Å². The van der Waals surface area contributed by atoms with E-state index in [0.717, 1.165) is 12.1 Å². The van der Waals surface area contributed by atoms with Crippen LogP contribution >= 0.6 is 11.3 Å². The van der Waals surface area contributed by atoms with Crippen molar-refractivity contribution in [1.82, 2.24) is 5.32 Å². The van der Waals surface area contributed by atoms with E-state index < -0.39 is 23.4 Å². The highest BCUT2D eigenvalue weighted by Gasteiger charge is 2.15. The molecule has 0 aliphatic heterocycles. The average molecular weight is 362 g/mol. The Bertz CT molecular complexity index is 886. The normalized spacial score (nSPS) is 10.5. The zero-order valence-corrected chi connectivity index (χ0v) is 13.5. The van der Waals surface area contributed by atoms with Gasteiger partial charge in [0.1, 0.15) is 17.3 Å². The Balaban J connectivity index is 1.59. The number of amides is 2. The van der Waals surface area contributed by atoms with Crippen molar-refractivity contribution in [2.24, 2.45) is 0 Å². The molecule has 0 bridgehead atoms. The second kappa shape index (κ2) is 7.27. The average Bonchev–Trinajstić information content (AvgIpc) is 3.27. The molecule has 2 N–H and O–H groups in total. The lowest BCUT2D eigenvalue weighted by Crippen LogP contribution is -2.28. The number of rotatable bonds is 5. The third-order valence-electron chi connectivity index (χ3n) is 3.25. The second-order valence-corrected chi connectivity index (χ2v) is 6.15. The van der Waals surface area contributed by atoms with Gasteiger partial charge in [-0.25, -0.2) is 13.6 Å². The van der Waals surface area contributed by atoms with E-state index in [2.05, 4.69) is 10.6 Å². The van der Waals surface area contributed by atoms with E-state index in [1.807, 2.05) is 0 Å². The molecule has 0 saturated carbocycles. The number of carbonyl (C=O) groups is 2. The molecule has 5 nitrogen and oxygen atoms in total. The summed E-state index contributed by atoms with van der Waals surface area (Å²) in [6.45, 7) is 0.109. The lowest BCUT2D eigenvalue weighted by molar-refractivity contribution is 0.101. The van der Waals surface area contributed by atoms with Gasteiger partial charge in [-0.1, -0.05) is 6.07 Å². The first kappa shape index (κ1) is 16.8. The van der Waals surface area contributed by atoms with Gasteiger partial charge >= 0.3 is 6.03 Å². The van der Waals surface area contributed by atoms with Crippen molar-refractivity contribution in [2.45, 2.75) is 6.54 Å². The van der Waals surface area contributed by atoms with Gasteiger partial charge in [-0.2, -0.15) is 0 Å². The number of benzene rings is 1. The Morgan fingerprint density at radius 1 is 1.04 bits per heavy atom. The SMILES string of the molecule is O=C(NCc1ccc(C(=O)c2ccco2)s1)Nc1c(F)cccc1F. The second-order valence-electron chi connectivity index (χ2n) is 4.98. The molecule has 25 heavy (non-hydrogen) atoms. The van der Waals surface area contributed by atoms with E-state index in [4.69, 9.17) is 4.42 Å². The Morgan fingerprint density at radius 2 is 1.80 bits per heavy atom. The molecule has 2 amide bonds. The standard InChI is InChI=1S/C17H12F2N2O3S/c18-11-3-1-4-12(19)15(11)21-17(23)20-9-10-6-7-14(25-10)16(22)13-5-2-8-24-13/h1-8H,9H2,(H2,20,21,23). The summed E-state index contributed by atoms with van der Waals surface area (Å²) >= 11 is 1.19. The van der Waals surface area contributed by atoms with Gasteiger partial charge < -0.3 is 15.1 Å². The van der Waals surface area contributed by atoms with Crippen LogP contribution in [0.1, 0.15) is 20.3 Å². The van der Waals surface area contributed by atoms with Crippen molar-refractivity contribution in [3.05, 3.63) is 75.9 Å². The number of furan rings is 1. The minimum atomic E-state index is -0.863. The van der Waals surface area contributed by atoms with Crippen LogP contribution in [0, 0.1) is 11.6 Å². The van der Waals surface area contributed by atoms with Crippen LogP contribution in [0.4, 0.5) is 19.3 Å². The number of hydrogen-bond acceptors (Lipinski definition) is 4. The van der Waals surface area contributed by atoms with Crippen molar-refractivity contribution in [2.75, 3.05) is 5.32 Å². The minimum absolute atomic E-state index is 0.109. The van der Waals surface area contributed by atoms with Gasteiger partial charge in [0.05, 0.1) is 17.7 Å². The summed E-state index contributed by atoms with van der Waals surface area (Å²) in [5.74, 6) is -1.75. The van der Waals surface area contributed by atoms with Crippen LogP contribution in [0.3, 0.4) is 0 Å². The quantitative estimate of drug-likeness (QED) is 0.669. The van der Waals surface area contributed by atoms with Gasteiger partial charge in [0.25, 0.3) is 0 Å². The number of thiophene rings is 1. The van der Waals surface area contributed by atoms with Crippen molar-refractivity contribution < 1.29 is 22.8 Å². The van der Waals surface area contributed by atoms with Crippen LogP contribution in [0.2, 0.25) is 0 Å². The highest BCUT2D eigenvalue weighted by atomic mass is 32.1. The summed E-state index contributed by atoms with van der Waals surface area (Å²) in [6.07, 6.45) is 1.41. The largest absolute Gasteiger partial charge is 0.461 e. The lowest BCUT2D eigenvalue weighted by atomic mass is 10.2. The van der Waals surface area contributed by atoms with E-state index in [0.29, 0.717) is 9.75 Å². The summed E-state index contributed by atoms with van der Waals surface area (Å²) < 4.78 is 32.0. The first-order valence-corrected chi connectivity index (χ1v) is 8.02. The van der Waals surface area contributed by atoms with Crippen molar-refractivity contribution in [3.63, 3.8) is 0 Å². The molecule has 0 atom stereocenters. The van der Waals surface area contributed by atoms with Gasteiger partial charge in [0.2, 0.25) is 5.78 Å². The molecule has 0 saturated heterocycles. The number of ketones is 1. The maximum atomic E-state index is 13.5. The number of anilines is 1. The third kappa shape index (κ3) is 3.92. The molecule has 0 spiro atoms. The highest BCUT2D eigenvalue weighted by Crippen LogP contribution is 2.21. The predicted octanol–water partition coefficient (Wildman–Crippen LogP) is 4.17. The van der Waals surface area contributed by atoms with E-state index >= 15 is 0 Å². The molecule has 8 heteroatoms. The molecular weight excluding hydrogens is 350 g/mol.